The molecule has 1 rings (SSSR count). The molecule has 0 bridgehead atoms. The average molecular weight is 243 g/mol. The molecule has 88 valence electrons. The zero-order valence-corrected chi connectivity index (χ0v) is 9.40. The molecule has 4 N–H and O–H groups in total. The predicted molar refractivity (Wildman–Crippen MR) is 58.4 cm³/mol. The molecule has 1 aromatic heterocycles. The summed E-state index contributed by atoms with van der Waals surface area (Å²) in [5, 5.41) is -1.70. The summed E-state index contributed by atoms with van der Waals surface area (Å²) in [6, 6.07) is 3.02. The Labute approximate surface area is 93.6 Å². The molecule has 0 aliphatic heterocycles. The third-order valence-corrected chi connectivity index (χ3v) is 3.31. The second kappa shape index (κ2) is 5.04. The number of nitrogens with two attached hydrogens (primary N) is 2. The molecule has 0 spiro atoms. The van der Waals surface area contributed by atoms with Crippen molar-refractivity contribution in [3.8, 4) is 0 Å². The molecule has 0 saturated carbocycles. The number of aryl methyl sites for hydroxylation is 1. The van der Waals surface area contributed by atoms with E-state index < -0.39 is 15.1 Å². The number of pyridine rings is 1. The molecule has 1 amide bonds. The molecular formula is C9H13N3O3S. The maximum atomic E-state index is 11.4. The number of hydrogen-bond donors (Lipinski definition) is 2. The van der Waals surface area contributed by atoms with Gasteiger partial charge in [-0.2, -0.15) is 0 Å². The van der Waals surface area contributed by atoms with E-state index in [2.05, 4.69) is 4.98 Å². The number of carbonyl (C=O) groups excluding carboxylic acids is 1. The lowest BCUT2D eigenvalue weighted by Crippen LogP contribution is -2.22. The molecule has 0 radical (unpaired) electrons. The topological polar surface area (TPSA) is 116 Å². The molecule has 0 aromatic carbocycles. The van der Waals surface area contributed by atoms with Crippen LogP contribution in [-0.4, -0.2) is 25.2 Å². The highest BCUT2D eigenvalue weighted by molar-refractivity contribution is 8.05. The first-order valence-corrected chi connectivity index (χ1v) is 6.16. The lowest BCUT2D eigenvalue weighted by atomic mass is 10.1. The number of carbonyl (C=O) groups is 1. The van der Waals surface area contributed by atoms with Gasteiger partial charge in [0.2, 0.25) is 0 Å². The van der Waals surface area contributed by atoms with Gasteiger partial charge in [0.25, 0.3) is 9.84 Å². The van der Waals surface area contributed by atoms with Crippen molar-refractivity contribution in [1.29, 1.82) is 0 Å². The van der Waals surface area contributed by atoms with Gasteiger partial charge in [-0.05, 0) is 37.1 Å². The maximum absolute atomic E-state index is 11.4. The van der Waals surface area contributed by atoms with Crippen LogP contribution in [0.5, 0.6) is 0 Å². The van der Waals surface area contributed by atoms with Crippen molar-refractivity contribution in [2.45, 2.75) is 17.9 Å². The van der Waals surface area contributed by atoms with Gasteiger partial charge < -0.3 is 11.5 Å². The molecule has 0 aliphatic rings. The Bertz CT molecular complexity index is 485. The number of hydrogen-bond acceptors (Lipinski definition) is 5. The standard InChI is InChI=1S/C9H13N3O3S/c10-4-1-2-7-3-5-12-8(6-7)16(14,15)9(11)13/h3,5-6H,1-2,4,10H2,(H2,11,13). The SMILES string of the molecule is NCCCc1ccnc(S(=O)(=O)C(N)=O)c1. The highest BCUT2D eigenvalue weighted by Gasteiger charge is 2.23. The van der Waals surface area contributed by atoms with E-state index in [1.165, 1.54) is 12.3 Å². The molecule has 7 heteroatoms. The van der Waals surface area contributed by atoms with E-state index in [0.29, 0.717) is 13.0 Å². The zero-order chi connectivity index (χ0) is 12.2. The molecule has 0 saturated heterocycles. The van der Waals surface area contributed by atoms with E-state index in [0.717, 1.165) is 12.0 Å². The van der Waals surface area contributed by atoms with Gasteiger partial charge in [0.15, 0.2) is 5.03 Å². The van der Waals surface area contributed by atoms with Gasteiger partial charge in [-0.25, -0.2) is 13.4 Å². The second-order valence-corrected chi connectivity index (χ2v) is 5.04. The largest absolute Gasteiger partial charge is 0.356 e. The molecular weight excluding hydrogens is 230 g/mol. The summed E-state index contributed by atoms with van der Waals surface area (Å²) in [5.74, 6) is 0. The van der Waals surface area contributed by atoms with Crippen LogP contribution in [0.2, 0.25) is 0 Å². The Balaban J connectivity index is 3.03. The average Bonchev–Trinajstić information content (AvgIpc) is 2.26. The Kier molecular flexibility index (Phi) is 3.97. The van der Waals surface area contributed by atoms with Crippen molar-refractivity contribution in [2.75, 3.05) is 6.54 Å². The van der Waals surface area contributed by atoms with Crippen LogP contribution in [0, 0.1) is 0 Å². The number of rotatable bonds is 4. The van der Waals surface area contributed by atoms with Crippen LogP contribution in [0.25, 0.3) is 0 Å². The molecule has 16 heavy (non-hydrogen) atoms. The van der Waals surface area contributed by atoms with Gasteiger partial charge >= 0.3 is 5.24 Å². The fourth-order valence-corrected chi connectivity index (χ4v) is 1.87. The van der Waals surface area contributed by atoms with E-state index in [1.54, 1.807) is 6.07 Å². The smallest absolute Gasteiger partial charge is 0.340 e. The van der Waals surface area contributed by atoms with Gasteiger partial charge in [0, 0.05) is 6.20 Å². The lowest BCUT2D eigenvalue weighted by Gasteiger charge is -2.02. The van der Waals surface area contributed by atoms with Gasteiger partial charge in [0.05, 0.1) is 0 Å². The fraction of sp³-hybridized carbons (Fsp3) is 0.333. The minimum absolute atomic E-state index is 0.311. The molecule has 0 aliphatic carbocycles. The monoisotopic (exact) mass is 243 g/mol. The fourth-order valence-electron chi connectivity index (χ4n) is 1.16. The summed E-state index contributed by atoms with van der Waals surface area (Å²) in [7, 11) is -4.13. The van der Waals surface area contributed by atoms with E-state index in [4.69, 9.17) is 11.5 Å². The van der Waals surface area contributed by atoms with E-state index in [-0.39, 0.29) is 5.03 Å². The zero-order valence-electron chi connectivity index (χ0n) is 8.59. The first-order chi connectivity index (χ1) is 7.48. The number of aromatic nitrogens is 1. The minimum atomic E-state index is -4.13. The van der Waals surface area contributed by atoms with Gasteiger partial charge in [-0.15, -0.1) is 0 Å². The van der Waals surface area contributed by atoms with E-state index in [9.17, 15) is 13.2 Å². The number of nitrogens with zero attached hydrogens (tertiary/aromatic N) is 1. The highest BCUT2D eigenvalue weighted by Crippen LogP contribution is 2.11. The van der Waals surface area contributed by atoms with Crippen LogP contribution in [0.3, 0.4) is 0 Å². The van der Waals surface area contributed by atoms with Crippen LogP contribution in [0.4, 0.5) is 4.79 Å². The van der Waals surface area contributed by atoms with Crippen molar-refractivity contribution in [1.82, 2.24) is 4.98 Å². The van der Waals surface area contributed by atoms with Crippen molar-refractivity contribution in [2.24, 2.45) is 11.5 Å². The number of primary amides is 1. The van der Waals surface area contributed by atoms with E-state index >= 15 is 0 Å². The Morgan fingerprint density at radius 2 is 2.12 bits per heavy atom. The normalized spacial score (nSPS) is 11.3. The summed E-state index contributed by atoms with van der Waals surface area (Å²) in [6.07, 6.45) is 2.71. The molecule has 0 fully saturated rings. The maximum Gasteiger partial charge on any atom is 0.340 e. The first-order valence-electron chi connectivity index (χ1n) is 4.68. The molecule has 0 atom stereocenters. The van der Waals surface area contributed by atoms with Crippen LogP contribution in [0.15, 0.2) is 23.4 Å². The summed E-state index contributed by atoms with van der Waals surface area (Å²) in [4.78, 5) is 14.3. The van der Waals surface area contributed by atoms with Crippen LogP contribution >= 0.6 is 0 Å². The number of amides is 1. The molecule has 6 nitrogen and oxygen atoms in total. The van der Waals surface area contributed by atoms with Crippen molar-refractivity contribution in [3.63, 3.8) is 0 Å². The van der Waals surface area contributed by atoms with Crippen LogP contribution in [0.1, 0.15) is 12.0 Å². The Morgan fingerprint density at radius 1 is 1.44 bits per heavy atom. The Hall–Kier alpha value is -1.47. The summed E-state index contributed by atoms with van der Waals surface area (Å²) < 4.78 is 22.8. The van der Waals surface area contributed by atoms with Crippen molar-refractivity contribution < 1.29 is 13.2 Å². The quantitative estimate of drug-likeness (QED) is 0.761. The summed E-state index contributed by atoms with van der Waals surface area (Å²) in [6.45, 7) is 0.514. The first kappa shape index (κ1) is 12.6. The summed E-state index contributed by atoms with van der Waals surface area (Å²) in [5.41, 5.74) is 10.9. The Morgan fingerprint density at radius 3 is 2.69 bits per heavy atom. The van der Waals surface area contributed by atoms with E-state index in [1.807, 2.05) is 0 Å². The van der Waals surface area contributed by atoms with Crippen molar-refractivity contribution in [3.05, 3.63) is 23.9 Å². The predicted octanol–water partition coefficient (Wildman–Crippen LogP) is -0.175. The number of sulfone groups is 1. The summed E-state index contributed by atoms with van der Waals surface area (Å²) >= 11 is 0. The minimum Gasteiger partial charge on any atom is -0.356 e. The van der Waals surface area contributed by atoms with Gasteiger partial charge in [-0.3, -0.25) is 4.79 Å². The third-order valence-electron chi connectivity index (χ3n) is 2.01. The lowest BCUT2D eigenvalue weighted by molar-refractivity contribution is 0.265. The molecule has 0 unspecified atom stereocenters. The van der Waals surface area contributed by atoms with Gasteiger partial charge in [0.1, 0.15) is 0 Å². The molecule has 1 aromatic rings. The highest BCUT2D eigenvalue weighted by atomic mass is 32.2. The van der Waals surface area contributed by atoms with Gasteiger partial charge in [-0.1, -0.05) is 0 Å². The molecule has 1 heterocycles. The van der Waals surface area contributed by atoms with Crippen molar-refractivity contribution >= 4 is 15.1 Å². The second-order valence-electron chi connectivity index (χ2n) is 3.22. The van der Waals surface area contributed by atoms with Crippen LogP contribution in [-0.2, 0) is 16.3 Å². The third kappa shape index (κ3) is 2.77. The van der Waals surface area contributed by atoms with Crippen LogP contribution < -0.4 is 11.5 Å².